The van der Waals surface area contributed by atoms with E-state index < -0.39 is 32.6 Å². The zero-order valence-electron chi connectivity index (χ0n) is 32.0. The monoisotopic (exact) mass is 706 g/mol. The molecular formula is C38H76NO8P. The van der Waals surface area contributed by atoms with Gasteiger partial charge in [0.15, 0.2) is 11.9 Å². The molecule has 0 saturated carbocycles. The van der Waals surface area contributed by atoms with Gasteiger partial charge < -0.3 is 28.3 Å². The van der Waals surface area contributed by atoms with Gasteiger partial charge in [-0.2, -0.15) is 0 Å². The SMILES string of the molecule is CCCCCCCCCCCCCCCCCC(=O)OC[C@@H](O)COP(=O)([O-])OC(C[N+](C)(C)C)C(=O)C(CCCCC)CCCCC. The standard InChI is InChI=1S/C38H76NO8P/c1-7-10-13-14-15-16-17-18-19-20-21-22-23-24-27-30-37(41)45-32-35(40)33-46-48(43,44)47-36(31-39(4,5)6)38(42)34(28-25-11-8-2)29-26-12-9-3/h34-36,40H,7-33H2,1-6H3/t35-,36?/m1/s1. The van der Waals surface area contributed by atoms with Crippen LogP contribution in [-0.4, -0.2) is 74.5 Å². The molecule has 0 radical (unpaired) electrons. The van der Waals surface area contributed by atoms with E-state index in [0.717, 1.165) is 57.8 Å². The van der Waals surface area contributed by atoms with Crippen molar-refractivity contribution in [1.82, 2.24) is 0 Å². The summed E-state index contributed by atoms with van der Waals surface area (Å²) >= 11 is 0. The summed E-state index contributed by atoms with van der Waals surface area (Å²) < 4.78 is 28.6. The molecule has 0 aromatic carbocycles. The molecule has 2 unspecified atom stereocenters. The Labute approximate surface area is 295 Å². The summed E-state index contributed by atoms with van der Waals surface area (Å²) in [5.74, 6) is -0.895. The molecule has 0 rings (SSSR count). The van der Waals surface area contributed by atoms with Crippen molar-refractivity contribution in [2.75, 3.05) is 40.9 Å². The van der Waals surface area contributed by atoms with Crippen LogP contribution in [0.3, 0.4) is 0 Å². The third-order valence-corrected chi connectivity index (χ3v) is 9.83. The summed E-state index contributed by atoms with van der Waals surface area (Å²) in [6, 6.07) is 0. The van der Waals surface area contributed by atoms with Gasteiger partial charge in [0.05, 0.1) is 27.7 Å². The number of rotatable bonds is 35. The molecule has 10 heteroatoms. The molecule has 0 fully saturated rings. The number of quaternary nitrogens is 1. The number of ether oxygens (including phenoxy) is 1. The van der Waals surface area contributed by atoms with Crippen LogP contribution in [0.5, 0.6) is 0 Å². The molecule has 1 N–H and O–H groups in total. The number of ketones is 1. The van der Waals surface area contributed by atoms with E-state index >= 15 is 0 Å². The van der Waals surface area contributed by atoms with Gasteiger partial charge in [-0.15, -0.1) is 0 Å². The fourth-order valence-corrected chi connectivity index (χ4v) is 6.86. The van der Waals surface area contributed by atoms with Crippen LogP contribution in [0.15, 0.2) is 0 Å². The first-order valence-electron chi connectivity index (χ1n) is 19.7. The second-order valence-electron chi connectivity index (χ2n) is 14.9. The molecular weight excluding hydrogens is 629 g/mol. The van der Waals surface area contributed by atoms with Gasteiger partial charge >= 0.3 is 5.97 Å². The summed E-state index contributed by atoms with van der Waals surface area (Å²) in [5, 5.41) is 10.2. The summed E-state index contributed by atoms with van der Waals surface area (Å²) in [4.78, 5) is 38.5. The zero-order valence-corrected chi connectivity index (χ0v) is 32.9. The second-order valence-corrected chi connectivity index (χ2v) is 16.3. The predicted molar refractivity (Wildman–Crippen MR) is 195 cm³/mol. The fraction of sp³-hybridized carbons (Fsp3) is 0.947. The molecule has 286 valence electrons. The van der Waals surface area contributed by atoms with Gasteiger partial charge in [-0.3, -0.25) is 14.2 Å². The molecule has 0 aromatic rings. The highest BCUT2D eigenvalue weighted by molar-refractivity contribution is 7.45. The van der Waals surface area contributed by atoms with Gasteiger partial charge in [0, 0.05) is 12.3 Å². The predicted octanol–water partition coefficient (Wildman–Crippen LogP) is 9.07. The Kier molecular flexibility index (Phi) is 29.3. The highest BCUT2D eigenvalue weighted by Crippen LogP contribution is 2.41. The van der Waals surface area contributed by atoms with Crippen LogP contribution >= 0.6 is 7.82 Å². The topological polar surface area (TPSA) is 122 Å². The van der Waals surface area contributed by atoms with Crippen LogP contribution in [0.4, 0.5) is 0 Å². The lowest BCUT2D eigenvalue weighted by Gasteiger charge is -2.34. The number of esters is 1. The number of phosphoric ester groups is 1. The summed E-state index contributed by atoms with van der Waals surface area (Å²) in [6.07, 6.45) is 23.8. The molecule has 0 aliphatic heterocycles. The third-order valence-electron chi connectivity index (χ3n) is 8.85. The van der Waals surface area contributed by atoms with Gasteiger partial charge in [-0.1, -0.05) is 149 Å². The summed E-state index contributed by atoms with van der Waals surface area (Å²) in [5.41, 5.74) is 0. The number of hydrogen-bond acceptors (Lipinski definition) is 8. The minimum absolute atomic E-state index is 0.173. The molecule has 3 atom stereocenters. The first-order valence-corrected chi connectivity index (χ1v) is 21.1. The average molecular weight is 706 g/mol. The van der Waals surface area contributed by atoms with Crippen molar-refractivity contribution >= 4 is 19.6 Å². The lowest BCUT2D eigenvalue weighted by molar-refractivity contribution is -0.872. The molecule has 0 heterocycles. The van der Waals surface area contributed by atoms with Gasteiger partial charge in [0.25, 0.3) is 7.82 Å². The largest absolute Gasteiger partial charge is 0.756 e. The van der Waals surface area contributed by atoms with E-state index in [1.165, 1.54) is 77.0 Å². The average Bonchev–Trinajstić information content (AvgIpc) is 3.02. The van der Waals surface area contributed by atoms with E-state index in [4.69, 9.17) is 13.8 Å². The van der Waals surface area contributed by atoms with Crippen molar-refractivity contribution in [2.24, 2.45) is 5.92 Å². The number of hydrogen-bond donors (Lipinski definition) is 1. The van der Waals surface area contributed by atoms with Gasteiger partial charge in [0.1, 0.15) is 19.3 Å². The minimum atomic E-state index is -4.92. The molecule has 0 spiro atoms. The van der Waals surface area contributed by atoms with Crippen LogP contribution in [0.1, 0.15) is 175 Å². The summed E-state index contributed by atoms with van der Waals surface area (Å²) in [7, 11) is 0.707. The number of nitrogens with zero attached hydrogens (tertiary/aromatic N) is 1. The molecule has 0 aromatic heterocycles. The maximum absolute atomic E-state index is 13.6. The van der Waals surface area contributed by atoms with Crippen LogP contribution < -0.4 is 4.89 Å². The van der Waals surface area contributed by atoms with E-state index in [-0.39, 0.29) is 31.3 Å². The first-order chi connectivity index (χ1) is 22.8. The Balaban J connectivity index is 4.40. The molecule has 0 saturated heterocycles. The Hall–Kier alpha value is -0.830. The number of phosphoric acid groups is 1. The van der Waals surface area contributed by atoms with Crippen molar-refractivity contribution in [1.29, 1.82) is 0 Å². The van der Waals surface area contributed by atoms with Gasteiger partial charge in [-0.05, 0) is 19.3 Å². The van der Waals surface area contributed by atoms with E-state index in [1.807, 2.05) is 21.1 Å². The molecule has 48 heavy (non-hydrogen) atoms. The van der Waals surface area contributed by atoms with E-state index in [0.29, 0.717) is 17.3 Å². The number of aliphatic hydroxyl groups is 1. The van der Waals surface area contributed by atoms with Crippen molar-refractivity contribution in [3.05, 3.63) is 0 Å². The Morgan fingerprint density at radius 3 is 1.52 bits per heavy atom. The minimum Gasteiger partial charge on any atom is -0.756 e. The maximum atomic E-state index is 13.6. The normalized spacial score (nSPS) is 14.6. The van der Waals surface area contributed by atoms with Crippen LogP contribution in [0.2, 0.25) is 0 Å². The quantitative estimate of drug-likeness (QED) is 0.0300. The van der Waals surface area contributed by atoms with Crippen LogP contribution in [0, 0.1) is 5.92 Å². The van der Waals surface area contributed by atoms with Gasteiger partial charge in [0.2, 0.25) is 0 Å². The lowest BCUT2D eigenvalue weighted by Crippen LogP contribution is -2.47. The first kappa shape index (κ1) is 47.2. The van der Waals surface area contributed by atoms with Crippen LogP contribution in [0.25, 0.3) is 0 Å². The molecule has 0 aliphatic carbocycles. The molecule has 0 bridgehead atoms. The maximum Gasteiger partial charge on any atom is 0.305 e. The highest BCUT2D eigenvalue weighted by Gasteiger charge is 2.34. The Bertz CT molecular complexity index is 824. The molecule has 9 nitrogen and oxygen atoms in total. The Morgan fingerprint density at radius 2 is 1.08 bits per heavy atom. The number of unbranched alkanes of at least 4 members (excludes halogenated alkanes) is 18. The van der Waals surface area contributed by atoms with E-state index in [2.05, 4.69) is 20.8 Å². The number of likely N-dealkylation sites (N-methyl/N-ethyl adjacent to an activating group) is 1. The fourth-order valence-electron chi connectivity index (χ4n) is 5.96. The van der Waals surface area contributed by atoms with Crippen LogP contribution in [-0.2, 0) is 27.9 Å². The van der Waals surface area contributed by atoms with Crippen molar-refractivity contribution in [3.63, 3.8) is 0 Å². The van der Waals surface area contributed by atoms with Gasteiger partial charge in [-0.25, -0.2) is 0 Å². The molecule has 0 aliphatic rings. The summed E-state index contributed by atoms with van der Waals surface area (Å²) in [6.45, 7) is 5.67. The second kappa shape index (κ2) is 29.9. The number of carbonyl (C=O) groups is 2. The molecule has 0 amide bonds. The number of Topliss-reactive ketones (excluding diaryl/α,β-unsaturated/α-hetero) is 1. The third kappa shape index (κ3) is 29.0. The van der Waals surface area contributed by atoms with Crippen molar-refractivity contribution < 1.29 is 42.4 Å². The Morgan fingerprint density at radius 1 is 0.667 bits per heavy atom. The van der Waals surface area contributed by atoms with E-state index in [1.54, 1.807) is 0 Å². The van der Waals surface area contributed by atoms with Crippen molar-refractivity contribution in [3.8, 4) is 0 Å². The van der Waals surface area contributed by atoms with E-state index in [9.17, 15) is 24.2 Å². The highest BCUT2D eigenvalue weighted by atomic mass is 31.2. The van der Waals surface area contributed by atoms with Crippen molar-refractivity contribution in [2.45, 2.75) is 187 Å². The smallest absolute Gasteiger partial charge is 0.305 e. The lowest BCUT2D eigenvalue weighted by atomic mass is 9.88. The number of carbonyl (C=O) groups excluding carboxylic acids is 2. The number of aliphatic hydroxyl groups excluding tert-OH is 1. The zero-order chi connectivity index (χ0) is 36.1.